The van der Waals surface area contributed by atoms with E-state index in [1.807, 2.05) is 0 Å². The minimum absolute atomic E-state index is 0.0583. The molecular formula is C24H14ClFN4O3S. The van der Waals surface area contributed by atoms with Crippen molar-refractivity contribution < 1.29 is 19.1 Å². The van der Waals surface area contributed by atoms with Gasteiger partial charge in [-0.15, -0.1) is 10.2 Å². The topological polar surface area (TPSA) is 94.4 Å². The van der Waals surface area contributed by atoms with Crippen LogP contribution in [0.3, 0.4) is 0 Å². The fraction of sp³-hybridized carbons (Fsp3) is 0. The van der Waals surface area contributed by atoms with E-state index in [0.29, 0.717) is 26.9 Å². The van der Waals surface area contributed by atoms with Crippen molar-refractivity contribution in [1.29, 1.82) is 0 Å². The van der Waals surface area contributed by atoms with Crippen molar-refractivity contribution in [3.8, 4) is 5.75 Å². The molecule has 0 aliphatic carbocycles. The number of halogens is 2. The number of anilines is 2. The Balaban J connectivity index is 1.58. The quantitative estimate of drug-likeness (QED) is 0.396. The molecule has 7 nitrogen and oxygen atoms in total. The van der Waals surface area contributed by atoms with Gasteiger partial charge < -0.3 is 10.4 Å². The first-order valence-corrected chi connectivity index (χ1v) is 11.1. The van der Waals surface area contributed by atoms with Crippen LogP contribution in [0.15, 0.2) is 81.8 Å². The Morgan fingerprint density at radius 2 is 1.82 bits per heavy atom. The Bertz CT molecular complexity index is 1440. The first kappa shape index (κ1) is 21.9. The van der Waals surface area contributed by atoms with Crippen molar-refractivity contribution in [3.63, 3.8) is 0 Å². The molecule has 10 heteroatoms. The molecule has 0 bridgehead atoms. The van der Waals surface area contributed by atoms with Gasteiger partial charge in [0.15, 0.2) is 5.71 Å². The fourth-order valence-electron chi connectivity index (χ4n) is 3.42. The fourth-order valence-corrected chi connectivity index (χ4v) is 4.54. The average Bonchev–Trinajstić information content (AvgIpc) is 3.29. The summed E-state index contributed by atoms with van der Waals surface area (Å²) in [4.78, 5) is 27.4. The van der Waals surface area contributed by atoms with Gasteiger partial charge in [-0.05, 0) is 71.9 Å². The number of phenolic OH excluding ortho intramolecular Hbond substituents is 1. The monoisotopic (exact) mass is 492 g/mol. The van der Waals surface area contributed by atoms with Crippen LogP contribution in [-0.2, 0) is 9.59 Å². The van der Waals surface area contributed by atoms with E-state index >= 15 is 0 Å². The molecule has 5 rings (SSSR count). The molecule has 0 spiro atoms. The van der Waals surface area contributed by atoms with Crippen molar-refractivity contribution in [2.75, 3.05) is 10.2 Å². The zero-order chi connectivity index (χ0) is 23.8. The molecule has 34 heavy (non-hydrogen) atoms. The molecule has 0 saturated carbocycles. The summed E-state index contributed by atoms with van der Waals surface area (Å²) < 4.78 is 13.7. The summed E-state index contributed by atoms with van der Waals surface area (Å²) in [5.74, 6) is -1.28. The number of aromatic hydroxyl groups is 1. The molecule has 3 aromatic carbocycles. The smallest absolute Gasteiger partial charge is 0.276 e. The number of phenols is 1. The van der Waals surface area contributed by atoms with E-state index in [0.717, 1.165) is 11.8 Å². The molecular weight excluding hydrogens is 479 g/mol. The van der Waals surface area contributed by atoms with Gasteiger partial charge in [0.05, 0.1) is 16.3 Å². The van der Waals surface area contributed by atoms with Gasteiger partial charge in [-0.2, -0.15) is 0 Å². The van der Waals surface area contributed by atoms with E-state index in [2.05, 4.69) is 15.5 Å². The second kappa shape index (κ2) is 8.77. The van der Waals surface area contributed by atoms with E-state index < -0.39 is 11.7 Å². The summed E-state index contributed by atoms with van der Waals surface area (Å²) in [6.07, 6.45) is 1.66. The van der Waals surface area contributed by atoms with E-state index in [1.54, 1.807) is 42.5 Å². The van der Waals surface area contributed by atoms with E-state index in [4.69, 9.17) is 11.6 Å². The number of amidine groups is 1. The average molecular weight is 493 g/mol. The first-order chi connectivity index (χ1) is 16.4. The third-order valence-electron chi connectivity index (χ3n) is 5.00. The molecule has 168 valence electrons. The van der Waals surface area contributed by atoms with Crippen LogP contribution >= 0.6 is 23.4 Å². The summed E-state index contributed by atoms with van der Waals surface area (Å²) in [7, 11) is 0. The lowest BCUT2D eigenvalue weighted by atomic mass is 10.1. The highest BCUT2D eigenvalue weighted by Crippen LogP contribution is 2.37. The van der Waals surface area contributed by atoms with Gasteiger partial charge in [-0.25, -0.2) is 4.39 Å². The van der Waals surface area contributed by atoms with E-state index in [-0.39, 0.29) is 28.1 Å². The Morgan fingerprint density at radius 3 is 2.59 bits per heavy atom. The Kier molecular flexibility index (Phi) is 5.64. The molecule has 2 amide bonds. The van der Waals surface area contributed by atoms with E-state index in [9.17, 15) is 19.1 Å². The van der Waals surface area contributed by atoms with Crippen molar-refractivity contribution >= 4 is 63.5 Å². The molecule has 1 saturated heterocycles. The van der Waals surface area contributed by atoms with Crippen LogP contribution in [0.4, 0.5) is 15.8 Å². The molecule has 2 heterocycles. The number of carbonyl (C=O) groups is 2. The lowest BCUT2D eigenvalue weighted by molar-refractivity contribution is -0.113. The first-order valence-electron chi connectivity index (χ1n) is 9.94. The third kappa shape index (κ3) is 4.18. The highest BCUT2D eigenvalue weighted by molar-refractivity contribution is 8.19. The van der Waals surface area contributed by atoms with Crippen molar-refractivity contribution in [2.45, 2.75) is 0 Å². The largest absolute Gasteiger partial charge is 0.508 e. The standard InChI is InChI=1S/C24H14ClFN4O3S/c25-14-2-1-3-16(11-14)30-23(33)20(10-13-4-7-17(31)8-5-13)34-24(30)29-28-21-18-12-15(26)6-9-19(18)27-22(21)32/h1-12,31H,(H,27,28,32)/b20-10-,29-24+. The van der Waals surface area contributed by atoms with Crippen LogP contribution in [0.1, 0.15) is 11.1 Å². The maximum absolute atomic E-state index is 13.7. The van der Waals surface area contributed by atoms with E-state index in [1.165, 1.54) is 35.2 Å². The van der Waals surface area contributed by atoms with Gasteiger partial charge in [0, 0.05) is 10.6 Å². The van der Waals surface area contributed by atoms with Gasteiger partial charge in [0.25, 0.3) is 11.8 Å². The number of nitrogens with zero attached hydrogens (tertiary/aromatic N) is 3. The van der Waals surface area contributed by atoms with Crippen molar-refractivity contribution in [1.82, 2.24) is 0 Å². The highest BCUT2D eigenvalue weighted by atomic mass is 35.5. The Morgan fingerprint density at radius 1 is 1.03 bits per heavy atom. The van der Waals surface area contributed by atoms with Crippen LogP contribution < -0.4 is 10.2 Å². The third-order valence-corrected chi connectivity index (χ3v) is 6.19. The van der Waals surface area contributed by atoms with Gasteiger partial charge in [0.2, 0.25) is 5.17 Å². The van der Waals surface area contributed by atoms with Crippen molar-refractivity contribution in [3.05, 3.63) is 93.6 Å². The molecule has 2 aliphatic rings. The van der Waals surface area contributed by atoms with Crippen LogP contribution in [-0.4, -0.2) is 27.8 Å². The normalized spacial score (nSPS) is 18.8. The molecule has 0 aromatic heterocycles. The van der Waals surface area contributed by atoms with Gasteiger partial charge in [-0.1, -0.05) is 29.8 Å². The lowest BCUT2D eigenvalue weighted by Gasteiger charge is -2.15. The minimum atomic E-state index is -0.520. The summed E-state index contributed by atoms with van der Waals surface area (Å²) in [6, 6.07) is 16.9. The zero-order valence-electron chi connectivity index (χ0n) is 17.2. The molecule has 1 fully saturated rings. The molecule has 0 atom stereocenters. The minimum Gasteiger partial charge on any atom is -0.508 e. The summed E-state index contributed by atoms with van der Waals surface area (Å²) in [6.45, 7) is 0. The number of hydrogen-bond acceptors (Lipinski definition) is 6. The molecule has 0 unspecified atom stereocenters. The molecule has 3 aromatic rings. The number of thioether (sulfide) groups is 1. The maximum atomic E-state index is 13.7. The Labute approximate surface area is 202 Å². The SMILES string of the molecule is O=C1Nc2ccc(F)cc2/C1=N/N=C1/S/C(=C\c2ccc(O)cc2)C(=O)N1c1cccc(Cl)c1. The number of hydrogen-bond donors (Lipinski definition) is 2. The predicted molar refractivity (Wildman–Crippen MR) is 132 cm³/mol. The van der Waals surface area contributed by atoms with Crippen LogP contribution in [0, 0.1) is 5.82 Å². The zero-order valence-corrected chi connectivity index (χ0v) is 18.8. The predicted octanol–water partition coefficient (Wildman–Crippen LogP) is 5.02. The number of nitrogens with one attached hydrogen (secondary N) is 1. The van der Waals surface area contributed by atoms with Gasteiger partial charge >= 0.3 is 0 Å². The molecule has 2 aliphatic heterocycles. The maximum Gasteiger partial charge on any atom is 0.276 e. The van der Waals surface area contributed by atoms with Gasteiger partial charge in [-0.3, -0.25) is 14.5 Å². The second-order valence-electron chi connectivity index (χ2n) is 7.30. The summed E-state index contributed by atoms with van der Waals surface area (Å²) >= 11 is 7.20. The van der Waals surface area contributed by atoms with Crippen LogP contribution in [0.25, 0.3) is 6.08 Å². The number of amides is 2. The highest BCUT2D eigenvalue weighted by Gasteiger charge is 2.35. The van der Waals surface area contributed by atoms with Crippen molar-refractivity contribution in [2.24, 2.45) is 10.2 Å². The number of carbonyl (C=O) groups excluding carboxylic acids is 2. The second-order valence-corrected chi connectivity index (χ2v) is 8.74. The number of rotatable bonds is 3. The summed E-state index contributed by atoms with van der Waals surface area (Å²) in [5.41, 5.74) is 1.84. The van der Waals surface area contributed by atoms with Crippen LogP contribution in [0.5, 0.6) is 5.75 Å². The number of fused-ring (bicyclic) bond motifs is 1. The molecule has 0 radical (unpaired) electrons. The summed E-state index contributed by atoms with van der Waals surface area (Å²) in [5, 5.41) is 21.0. The molecule has 2 N–H and O–H groups in total. The lowest BCUT2D eigenvalue weighted by Crippen LogP contribution is -2.28. The van der Waals surface area contributed by atoms with Crippen LogP contribution in [0.2, 0.25) is 5.02 Å². The van der Waals surface area contributed by atoms with Gasteiger partial charge in [0.1, 0.15) is 11.6 Å². The Hall–Kier alpha value is -3.95. The number of benzene rings is 3.